The Balaban J connectivity index is 2.24. The van der Waals surface area contributed by atoms with E-state index in [1.165, 1.54) is 0 Å². The van der Waals surface area contributed by atoms with E-state index in [-0.39, 0.29) is 6.79 Å². The lowest BCUT2D eigenvalue weighted by atomic mass is 10.1. The number of fused-ring (bicyclic) bond motifs is 1. The zero-order chi connectivity index (χ0) is 13.1. The first-order valence-electron chi connectivity index (χ1n) is 5.08. The number of primary amides is 2. The van der Waals surface area contributed by atoms with Crippen LogP contribution >= 0.6 is 0 Å². The Bertz CT molecular complexity index is 475. The summed E-state index contributed by atoms with van der Waals surface area (Å²) < 4.78 is 10.3. The number of hydrogen-bond acceptors (Lipinski definition) is 4. The molecule has 0 aromatic heterocycles. The van der Waals surface area contributed by atoms with Crippen LogP contribution in [-0.2, 0) is 0 Å². The average Bonchev–Trinajstić information content (AvgIpc) is 2.73. The summed E-state index contributed by atoms with van der Waals surface area (Å²) in [6.07, 6.45) is -0.825. The predicted octanol–water partition coefficient (Wildman–Crippen LogP) is -0.250. The minimum atomic E-state index is -0.825. The van der Waals surface area contributed by atoms with Crippen LogP contribution in [0.4, 0.5) is 9.59 Å². The molecule has 8 heteroatoms. The number of benzene rings is 1. The van der Waals surface area contributed by atoms with E-state index in [2.05, 4.69) is 10.6 Å². The van der Waals surface area contributed by atoms with Crippen molar-refractivity contribution in [3.05, 3.63) is 23.8 Å². The lowest BCUT2D eigenvalue weighted by Gasteiger charge is -2.18. The summed E-state index contributed by atoms with van der Waals surface area (Å²) in [5.74, 6) is 1.12. The van der Waals surface area contributed by atoms with Gasteiger partial charge in [-0.25, -0.2) is 9.59 Å². The van der Waals surface area contributed by atoms with E-state index >= 15 is 0 Å². The van der Waals surface area contributed by atoms with Gasteiger partial charge in [0.05, 0.1) is 0 Å². The van der Waals surface area contributed by atoms with Gasteiger partial charge in [0.2, 0.25) is 6.79 Å². The molecule has 6 N–H and O–H groups in total. The van der Waals surface area contributed by atoms with Gasteiger partial charge in [-0.15, -0.1) is 0 Å². The minimum Gasteiger partial charge on any atom is -0.454 e. The Morgan fingerprint density at radius 2 is 1.72 bits per heavy atom. The van der Waals surface area contributed by atoms with Gasteiger partial charge in [0.25, 0.3) is 0 Å². The van der Waals surface area contributed by atoms with Crippen molar-refractivity contribution in [2.24, 2.45) is 11.5 Å². The Morgan fingerprint density at radius 3 is 2.33 bits per heavy atom. The molecule has 1 heterocycles. The van der Waals surface area contributed by atoms with Crippen molar-refractivity contribution in [2.45, 2.75) is 6.17 Å². The van der Waals surface area contributed by atoms with Gasteiger partial charge in [-0.3, -0.25) is 0 Å². The monoisotopic (exact) mass is 252 g/mol. The lowest BCUT2D eigenvalue weighted by Crippen LogP contribution is -2.45. The number of hydrogen-bond donors (Lipinski definition) is 4. The number of urea groups is 2. The van der Waals surface area contributed by atoms with Crippen LogP contribution in [0.3, 0.4) is 0 Å². The maximum absolute atomic E-state index is 10.9. The third-order valence-corrected chi connectivity index (χ3v) is 2.30. The molecule has 0 radical (unpaired) electrons. The Kier molecular flexibility index (Phi) is 3.09. The van der Waals surface area contributed by atoms with Crippen LogP contribution in [0.25, 0.3) is 0 Å². The van der Waals surface area contributed by atoms with E-state index in [1.54, 1.807) is 18.2 Å². The third kappa shape index (κ3) is 2.54. The fourth-order valence-corrected chi connectivity index (χ4v) is 1.58. The summed E-state index contributed by atoms with van der Waals surface area (Å²) in [5, 5.41) is 4.70. The molecule has 0 fully saturated rings. The molecule has 0 bridgehead atoms. The highest BCUT2D eigenvalue weighted by atomic mass is 16.7. The second-order valence-electron chi connectivity index (χ2n) is 3.56. The highest BCUT2D eigenvalue weighted by molar-refractivity contribution is 5.75. The maximum atomic E-state index is 10.9. The SMILES string of the molecule is NC(=O)NC(NC(N)=O)c1ccc2c(c1)OCO2. The van der Waals surface area contributed by atoms with Gasteiger partial charge >= 0.3 is 12.1 Å². The molecule has 0 atom stereocenters. The minimum absolute atomic E-state index is 0.135. The van der Waals surface area contributed by atoms with Crippen molar-refractivity contribution in [3.8, 4) is 11.5 Å². The topological polar surface area (TPSA) is 129 Å². The maximum Gasteiger partial charge on any atom is 0.314 e. The first-order chi connectivity index (χ1) is 8.56. The zero-order valence-corrected chi connectivity index (χ0v) is 9.30. The Labute approximate surface area is 102 Å². The number of carbonyl (C=O) groups excluding carboxylic acids is 2. The fraction of sp³-hybridized carbons (Fsp3) is 0.200. The summed E-state index contributed by atoms with van der Waals surface area (Å²) >= 11 is 0. The predicted molar refractivity (Wildman–Crippen MR) is 60.7 cm³/mol. The molecule has 2 rings (SSSR count). The number of ether oxygens (including phenoxy) is 2. The summed E-state index contributed by atoms with van der Waals surface area (Å²) in [7, 11) is 0. The molecule has 8 nitrogen and oxygen atoms in total. The summed E-state index contributed by atoms with van der Waals surface area (Å²) in [4.78, 5) is 21.7. The van der Waals surface area contributed by atoms with Crippen LogP contribution < -0.4 is 31.6 Å². The van der Waals surface area contributed by atoms with E-state index in [9.17, 15) is 9.59 Å². The molecular weight excluding hydrogens is 240 g/mol. The van der Waals surface area contributed by atoms with Crippen LogP contribution in [0.15, 0.2) is 18.2 Å². The molecule has 0 saturated heterocycles. The van der Waals surface area contributed by atoms with Gasteiger partial charge < -0.3 is 31.6 Å². The van der Waals surface area contributed by atoms with Crippen LogP contribution in [0.5, 0.6) is 11.5 Å². The fourth-order valence-electron chi connectivity index (χ4n) is 1.58. The summed E-state index contributed by atoms with van der Waals surface area (Å²) in [6.45, 7) is 0.135. The van der Waals surface area contributed by atoms with Gasteiger partial charge in [0.15, 0.2) is 11.5 Å². The second-order valence-corrected chi connectivity index (χ2v) is 3.56. The van der Waals surface area contributed by atoms with Crippen molar-refractivity contribution < 1.29 is 19.1 Å². The van der Waals surface area contributed by atoms with E-state index < -0.39 is 18.2 Å². The van der Waals surface area contributed by atoms with E-state index in [0.29, 0.717) is 17.1 Å². The molecule has 1 aliphatic heterocycles. The van der Waals surface area contributed by atoms with Crippen molar-refractivity contribution in [2.75, 3.05) is 6.79 Å². The molecule has 0 aliphatic carbocycles. The summed E-state index contributed by atoms with van der Waals surface area (Å²) in [6, 6.07) is 3.37. The van der Waals surface area contributed by atoms with E-state index in [4.69, 9.17) is 20.9 Å². The zero-order valence-electron chi connectivity index (χ0n) is 9.30. The first-order valence-corrected chi connectivity index (χ1v) is 5.08. The molecule has 18 heavy (non-hydrogen) atoms. The second kappa shape index (κ2) is 4.70. The molecule has 1 aliphatic rings. The lowest BCUT2D eigenvalue weighted by molar-refractivity contribution is 0.174. The van der Waals surface area contributed by atoms with Crippen LogP contribution in [0.1, 0.15) is 11.7 Å². The number of nitrogens with two attached hydrogens (primary N) is 2. The standard InChI is InChI=1S/C10H12N4O4/c11-9(15)13-8(14-10(12)16)5-1-2-6-7(3-5)18-4-17-6/h1-3,8H,4H2,(H3,11,13,15)(H3,12,14,16). The van der Waals surface area contributed by atoms with Gasteiger partial charge in [-0.05, 0) is 17.7 Å². The molecule has 1 aromatic rings. The highest BCUT2D eigenvalue weighted by Crippen LogP contribution is 2.33. The van der Waals surface area contributed by atoms with Crippen LogP contribution in [0, 0.1) is 0 Å². The van der Waals surface area contributed by atoms with E-state index in [0.717, 1.165) is 0 Å². The molecular formula is C10H12N4O4. The van der Waals surface area contributed by atoms with Gasteiger partial charge in [-0.2, -0.15) is 0 Å². The van der Waals surface area contributed by atoms with E-state index in [1.807, 2.05) is 0 Å². The van der Waals surface area contributed by atoms with Gasteiger partial charge in [0, 0.05) is 0 Å². The molecule has 4 amide bonds. The van der Waals surface area contributed by atoms with Gasteiger partial charge in [-0.1, -0.05) is 6.07 Å². The number of carbonyl (C=O) groups is 2. The largest absolute Gasteiger partial charge is 0.454 e. The van der Waals surface area contributed by atoms with Gasteiger partial charge in [0.1, 0.15) is 6.17 Å². The third-order valence-electron chi connectivity index (χ3n) is 2.30. The van der Waals surface area contributed by atoms with Crippen molar-refractivity contribution in [3.63, 3.8) is 0 Å². The number of amides is 4. The molecule has 0 spiro atoms. The Morgan fingerprint density at radius 1 is 1.11 bits per heavy atom. The molecule has 1 aromatic carbocycles. The van der Waals surface area contributed by atoms with Crippen LogP contribution in [0.2, 0.25) is 0 Å². The van der Waals surface area contributed by atoms with Crippen LogP contribution in [-0.4, -0.2) is 18.9 Å². The summed E-state index contributed by atoms with van der Waals surface area (Å²) in [5.41, 5.74) is 10.6. The molecule has 0 saturated carbocycles. The van der Waals surface area contributed by atoms with Crippen molar-refractivity contribution >= 4 is 12.1 Å². The normalized spacial score (nSPS) is 12.3. The molecule has 0 unspecified atom stereocenters. The van der Waals surface area contributed by atoms with Crippen molar-refractivity contribution in [1.29, 1.82) is 0 Å². The quantitative estimate of drug-likeness (QED) is 0.553. The first kappa shape index (κ1) is 11.8. The Hall–Kier alpha value is -2.64. The van der Waals surface area contributed by atoms with Crippen molar-refractivity contribution in [1.82, 2.24) is 10.6 Å². The average molecular weight is 252 g/mol. The molecule has 96 valence electrons. The highest BCUT2D eigenvalue weighted by Gasteiger charge is 2.19. The number of nitrogens with one attached hydrogen (secondary N) is 2. The number of rotatable bonds is 3. The smallest absolute Gasteiger partial charge is 0.314 e.